The van der Waals surface area contributed by atoms with Gasteiger partial charge in [0.25, 0.3) is 0 Å². The predicted molar refractivity (Wildman–Crippen MR) is 171 cm³/mol. The number of fused-ring (bicyclic) bond motifs is 1. The Hall–Kier alpha value is -3.55. The van der Waals surface area contributed by atoms with E-state index in [2.05, 4.69) is 0 Å². The van der Waals surface area contributed by atoms with Crippen LogP contribution in [0.5, 0.6) is 23.0 Å². The first-order valence-electron chi connectivity index (χ1n) is 16.4. The fourth-order valence-electron chi connectivity index (χ4n) is 6.22. The standard InChI is InChI=1S/C33H40O20/c34-8-18-21(39)24(42)27(45)31(50-18)48-16-6-13(38)5-15-14(16)7-17(29(47-15)11-1-3-12(37)4-2-11)49-33-30(26(44)23(41)20(10-36)52-33)53-32-28(46)25(43)22(40)19(9-35)51-32/h1-7,18-28,30-36,39-46H,8-10H2,(H-,37,38)/p+1. The van der Waals surface area contributed by atoms with Gasteiger partial charge < -0.3 is 94.8 Å². The van der Waals surface area contributed by atoms with E-state index in [0.29, 0.717) is 0 Å². The largest absolute Gasteiger partial charge is 0.508 e. The van der Waals surface area contributed by atoms with E-state index >= 15 is 0 Å². The first-order chi connectivity index (χ1) is 25.3. The van der Waals surface area contributed by atoms with Crippen molar-refractivity contribution >= 4 is 11.0 Å². The molecule has 15 atom stereocenters. The van der Waals surface area contributed by atoms with Crippen LogP contribution in [0.15, 0.2) is 46.9 Å². The van der Waals surface area contributed by atoms with Crippen LogP contribution in [-0.2, 0) is 18.9 Å². The third kappa shape index (κ3) is 7.71. The molecular weight excluding hydrogens is 716 g/mol. The van der Waals surface area contributed by atoms with Gasteiger partial charge in [-0.2, -0.15) is 0 Å². The van der Waals surface area contributed by atoms with Gasteiger partial charge in [-0.15, -0.1) is 0 Å². The second kappa shape index (κ2) is 16.0. The third-order valence-corrected chi connectivity index (χ3v) is 9.23. The SMILES string of the molecule is OCC1OC(Oc2cc(O)cc3[o+]c(-c4ccc(O)cc4)c(OC4OC(CO)C(O)C(O)C4OC4OC(CO)C(O)C(O)C4O)cc23)C(O)C(O)C1O. The van der Waals surface area contributed by atoms with E-state index in [-0.39, 0.29) is 39.5 Å². The second-order valence-electron chi connectivity index (χ2n) is 12.8. The van der Waals surface area contributed by atoms with Crippen molar-refractivity contribution in [2.75, 3.05) is 19.8 Å². The van der Waals surface area contributed by atoms with E-state index in [1.54, 1.807) is 0 Å². The third-order valence-electron chi connectivity index (χ3n) is 9.23. The number of phenols is 2. The molecule has 0 amide bonds. The minimum absolute atomic E-state index is 0.0128. The Labute approximate surface area is 299 Å². The molecular formula is C33H41O20+. The monoisotopic (exact) mass is 757 g/mol. The molecule has 3 fully saturated rings. The van der Waals surface area contributed by atoms with Crippen molar-refractivity contribution in [3.63, 3.8) is 0 Å². The Balaban J connectivity index is 1.42. The lowest BCUT2D eigenvalue weighted by atomic mass is 9.97. The van der Waals surface area contributed by atoms with Gasteiger partial charge in [0.05, 0.1) is 31.5 Å². The zero-order valence-electron chi connectivity index (χ0n) is 27.5. The first-order valence-corrected chi connectivity index (χ1v) is 16.4. The van der Waals surface area contributed by atoms with Crippen LogP contribution in [0.2, 0.25) is 0 Å². The van der Waals surface area contributed by atoms with Gasteiger partial charge >= 0.3 is 11.3 Å². The van der Waals surface area contributed by atoms with Gasteiger partial charge in [0.15, 0.2) is 12.4 Å². The molecule has 2 aromatic carbocycles. The zero-order valence-corrected chi connectivity index (χ0v) is 27.5. The van der Waals surface area contributed by atoms with Gasteiger partial charge in [0.1, 0.15) is 89.8 Å². The first kappa shape index (κ1) is 39.2. The zero-order chi connectivity index (χ0) is 38.3. The minimum Gasteiger partial charge on any atom is -0.508 e. The van der Waals surface area contributed by atoms with Crippen molar-refractivity contribution in [2.45, 2.75) is 92.1 Å². The molecule has 13 N–H and O–H groups in total. The molecule has 4 heterocycles. The molecule has 1 aromatic heterocycles. The summed E-state index contributed by atoms with van der Waals surface area (Å²) in [5.41, 5.74) is 0.198. The van der Waals surface area contributed by atoms with Crippen LogP contribution in [-0.4, -0.2) is 178 Å². The molecule has 0 bridgehead atoms. The van der Waals surface area contributed by atoms with Crippen LogP contribution >= 0.6 is 0 Å². The van der Waals surface area contributed by atoms with Crippen molar-refractivity contribution in [3.8, 4) is 34.3 Å². The summed E-state index contributed by atoms with van der Waals surface area (Å²) in [5, 5.41) is 134. The number of hydrogen-bond donors (Lipinski definition) is 13. The molecule has 3 aliphatic heterocycles. The van der Waals surface area contributed by atoms with Gasteiger partial charge in [-0.3, -0.25) is 0 Å². The summed E-state index contributed by atoms with van der Waals surface area (Å²) in [6.07, 6.45) is -25.9. The number of ether oxygens (including phenoxy) is 6. The van der Waals surface area contributed by atoms with Crippen molar-refractivity contribution in [3.05, 3.63) is 42.5 Å². The molecule has 3 aromatic rings. The summed E-state index contributed by atoms with van der Waals surface area (Å²) in [7, 11) is 0. The van der Waals surface area contributed by atoms with Gasteiger partial charge in [-0.25, -0.2) is 4.42 Å². The Morgan fingerprint density at radius 3 is 1.62 bits per heavy atom. The van der Waals surface area contributed by atoms with Crippen molar-refractivity contribution in [1.29, 1.82) is 0 Å². The Morgan fingerprint density at radius 2 is 1.04 bits per heavy atom. The van der Waals surface area contributed by atoms with Gasteiger partial charge in [0, 0.05) is 12.1 Å². The lowest BCUT2D eigenvalue weighted by Crippen LogP contribution is -2.65. The lowest BCUT2D eigenvalue weighted by molar-refractivity contribution is -0.357. The van der Waals surface area contributed by atoms with Crippen molar-refractivity contribution in [2.24, 2.45) is 0 Å². The number of aliphatic hydroxyl groups excluding tert-OH is 11. The fraction of sp³-hybridized carbons (Fsp3) is 0.545. The van der Waals surface area contributed by atoms with E-state index in [1.165, 1.54) is 36.4 Å². The molecule has 0 spiro atoms. The van der Waals surface area contributed by atoms with Crippen LogP contribution in [0, 0.1) is 0 Å². The van der Waals surface area contributed by atoms with E-state index in [9.17, 15) is 66.4 Å². The minimum atomic E-state index is -1.94. The second-order valence-corrected chi connectivity index (χ2v) is 12.8. The molecule has 3 aliphatic rings. The molecule has 0 aliphatic carbocycles. The fourth-order valence-corrected chi connectivity index (χ4v) is 6.22. The average Bonchev–Trinajstić information content (AvgIpc) is 3.14. The summed E-state index contributed by atoms with van der Waals surface area (Å²) in [4.78, 5) is 0. The average molecular weight is 758 g/mol. The molecule has 0 saturated carbocycles. The molecule has 3 saturated heterocycles. The highest BCUT2D eigenvalue weighted by molar-refractivity contribution is 5.88. The van der Waals surface area contributed by atoms with Crippen LogP contribution in [0.3, 0.4) is 0 Å². The van der Waals surface area contributed by atoms with E-state index in [0.717, 1.165) is 6.07 Å². The summed E-state index contributed by atoms with van der Waals surface area (Å²) < 4.78 is 40.6. The molecule has 0 radical (unpaired) electrons. The molecule has 15 unspecified atom stereocenters. The maximum Gasteiger partial charge on any atom is 0.402 e. The molecule has 53 heavy (non-hydrogen) atoms. The summed E-state index contributed by atoms with van der Waals surface area (Å²) >= 11 is 0. The van der Waals surface area contributed by atoms with E-state index in [4.69, 9.17) is 32.8 Å². The maximum absolute atomic E-state index is 11.2. The number of benzene rings is 2. The topological polar surface area (TPSA) is 330 Å². The summed E-state index contributed by atoms with van der Waals surface area (Å²) in [6, 6.07) is 9.07. The van der Waals surface area contributed by atoms with Crippen molar-refractivity contribution in [1.82, 2.24) is 0 Å². The summed E-state index contributed by atoms with van der Waals surface area (Å²) in [6.45, 7) is -2.38. The molecule has 292 valence electrons. The summed E-state index contributed by atoms with van der Waals surface area (Å²) in [5.74, 6) is -1.09. The van der Waals surface area contributed by atoms with Crippen LogP contribution < -0.4 is 9.47 Å². The number of phenolic OH excluding ortho intramolecular Hbond substituents is 2. The van der Waals surface area contributed by atoms with E-state index < -0.39 is 118 Å². The van der Waals surface area contributed by atoms with Crippen LogP contribution in [0.1, 0.15) is 0 Å². The Bertz CT molecular complexity index is 1690. The highest BCUT2D eigenvalue weighted by atomic mass is 16.8. The number of hydrogen-bond acceptors (Lipinski definition) is 19. The van der Waals surface area contributed by atoms with Gasteiger partial charge in [0.2, 0.25) is 18.3 Å². The van der Waals surface area contributed by atoms with Crippen LogP contribution in [0.25, 0.3) is 22.3 Å². The molecule has 20 heteroatoms. The van der Waals surface area contributed by atoms with E-state index in [1.807, 2.05) is 0 Å². The highest BCUT2D eigenvalue weighted by Gasteiger charge is 2.52. The maximum atomic E-state index is 11.2. The lowest BCUT2D eigenvalue weighted by Gasteiger charge is -2.45. The van der Waals surface area contributed by atoms with Gasteiger partial charge in [-0.05, 0) is 24.3 Å². The molecule has 20 nitrogen and oxygen atoms in total. The molecule has 6 rings (SSSR count). The number of aliphatic hydroxyl groups is 11. The van der Waals surface area contributed by atoms with Crippen molar-refractivity contribution < 1.29 is 99.2 Å². The Morgan fingerprint density at radius 1 is 0.528 bits per heavy atom. The Kier molecular flexibility index (Phi) is 11.9. The quantitative estimate of drug-likeness (QED) is 0.0876. The highest BCUT2D eigenvalue weighted by Crippen LogP contribution is 2.42. The number of rotatable bonds is 10. The normalized spacial score (nSPS) is 37.8. The van der Waals surface area contributed by atoms with Gasteiger partial charge in [-0.1, -0.05) is 0 Å². The predicted octanol–water partition coefficient (Wildman–Crippen LogP) is -4.03. The smallest absolute Gasteiger partial charge is 0.402 e. The number of aromatic hydroxyl groups is 2. The van der Waals surface area contributed by atoms with Crippen LogP contribution in [0.4, 0.5) is 0 Å².